The molecule has 0 bridgehead atoms. The molecule has 0 aliphatic heterocycles. The number of hydrogen-bond acceptors (Lipinski definition) is 1. The third kappa shape index (κ3) is 3.02. The van der Waals surface area contributed by atoms with Crippen molar-refractivity contribution in [3.8, 4) is 0 Å². The third-order valence-corrected chi connectivity index (χ3v) is 12.9. The van der Waals surface area contributed by atoms with Gasteiger partial charge in [-0.25, -0.2) is 0 Å². The Morgan fingerprint density at radius 3 is 2.13 bits per heavy atom. The van der Waals surface area contributed by atoms with E-state index in [1.54, 1.807) is 0 Å². The van der Waals surface area contributed by atoms with E-state index in [0.29, 0.717) is 33.4 Å². The molecule has 5 rings (SSSR count). The molecule has 0 saturated heterocycles. The van der Waals surface area contributed by atoms with Gasteiger partial charge in [0, 0.05) is 11.8 Å². The number of fused-ring (bicyclic) bond motifs is 6. The van der Waals surface area contributed by atoms with Crippen LogP contribution in [0.2, 0.25) is 0 Å². The monoisotopic (exact) mass is 426 g/mol. The SMILES string of the molecule is CC1(C)CCC[C@]2(C)[C@H]3CC[C@H]4[C@@](C)(CC[C@H]5C(C)(C)C(=O)CC[C@@]54C)C[C@@H]3CC[C@@H]12. The molecule has 5 aliphatic carbocycles. The number of carbonyl (C=O) groups is 1. The topological polar surface area (TPSA) is 17.1 Å². The van der Waals surface area contributed by atoms with Gasteiger partial charge in [0.25, 0.3) is 0 Å². The highest BCUT2D eigenvalue weighted by atomic mass is 16.1. The van der Waals surface area contributed by atoms with Crippen LogP contribution >= 0.6 is 0 Å². The minimum absolute atomic E-state index is 0.113. The van der Waals surface area contributed by atoms with E-state index in [4.69, 9.17) is 0 Å². The lowest BCUT2D eigenvalue weighted by Gasteiger charge is -2.62. The summed E-state index contributed by atoms with van der Waals surface area (Å²) in [6.07, 6.45) is 16.3. The van der Waals surface area contributed by atoms with Crippen LogP contribution in [0.25, 0.3) is 0 Å². The average molecular weight is 427 g/mol. The maximum atomic E-state index is 12.9. The van der Waals surface area contributed by atoms with Crippen LogP contribution < -0.4 is 0 Å². The van der Waals surface area contributed by atoms with Crippen molar-refractivity contribution in [3.05, 3.63) is 0 Å². The first-order valence-corrected chi connectivity index (χ1v) is 13.9. The van der Waals surface area contributed by atoms with Gasteiger partial charge >= 0.3 is 0 Å². The van der Waals surface area contributed by atoms with Gasteiger partial charge in [-0.05, 0) is 115 Å². The molecule has 0 amide bonds. The van der Waals surface area contributed by atoms with Gasteiger partial charge in [-0.3, -0.25) is 4.79 Å². The van der Waals surface area contributed by atoms with Crippen LogP contribution in [0.15, 0.2) is 0 Å². The van der Waals surface area contributed by atoms with Crippen LogP contribution in [-0.4, -0.2) is 5.78 Å². The zero-order valence-electron chi connectivity index (χ0n) is 21.8. The molecule has 0 unspecified atom stereocenters. The Morgan fingerprint density at radius 1 is 0.677 bits per heavy atom. The molecule has 31 heavy (non-hydrogen) atoms. The van der Waals surface area contributed by atoms with E-state index in [2.05, 4.69) is 48.5 Å². The van der Waals surface area contributed by atoms with Gasteiger partial charge in [0.2, 0.25) is 0 Å². The largest absolute Gasteiger partial charge is 0.299 e. The fourth-order valence-electron chi connectivity index (χ4n) is 11.6. The van der Waals surface area contributed by atoms with Crippen molar-refractivity contribution in [2.24, 2.45) is 56.7 Å². The van der Waals surface area contributed by atoms with E-state index in [1.807, 2.05) is 0 Å². The minimum Gasteiger partial charge on any atom is -0.299 e. The van der Waals surface area contributed by atoms with E-state index < -0.39 is 0 Å². The fraction of sp³-hybridized carbons (Fsp3) is 0.967. The molecule has 0 aromatic heterocycles. The predicted octanol–water partition coefficient (Wildman–Crippen LogP) is 8.46. The molecule has 1 heteroatoms. The predicted molar refractivity (Wildman–Crippen MR) is 130 cm³/mol. The fourth-order valence-corrected chi connectivity index (χ4v) is 11.6. The number of Topliss-reactive ketones (excluding diaryl/α,β-unsaturated/α-hetero) is 1. The average Bonchev–Trinajstić information content (AvgIpc) is 2.81. The van der Waals surface area contributed by atoms with Crippen molar-refractivity contribution >= 4 is 5.78 Å². The van der Waals surface area contributed by atoms with Gasteiger partial charge in [0.15, 0.2) is 0 Å². The highest BCUT2D eigenvalue weighted by Gasteiger charge is 2.63. The van der Waals surface area contributed by atoms with E-state index in [1.165, 1.54) is 64.2 Å². The second-order valence-corrected chi connectivity index (χ2v) is 15.1. The molecule has 8 atom stereocenters. The molecular formula is C30H50O. The van der Waals surface area contributed by atoms with Gasteiger partial charge < -0.3 is 0 Å². The lowest BCUT2D eigenvalue weighted by Crippen LogP contribution is -2.57. The molecule has 0 aromatic rings. The lowest BCUT2D eigenvalue weighted by molar-refractivity contribution is -0.161. The molecular weight excluding hydrogens is 376 g/mol. The zero-order valence-corrected chi connectivity index (χ0v) is 21.8. The van der Waals surface area contributed by atoms with Gasteiger partial charge in [-0.15, -0.1) is 0 Å². The smallest absolute Gasteiger partial charge is 0.138 e. The first-order valence-electron chi connectivity index (χ1n) is 13.9. The summed E-state index contributed by atoms with van der Waals surface area (Å²) in [6.45, 7) is 17.8. The van der Waals surface area contributed by atoms with Gasteiger partial charge in [0.1, 0.15) is 5.78 Å². The maximum Gasteiger partial charge on any atom is 0.138 e. The summed E-state index contributed by atoms with van der Waals surface area (Å²) in [6, 6.07) is 0. The maximum absolute atomic E-state index is 12.9. The van der Waals surface area contributed by atoms with Crippen LogP contribution in [0.1, 0.15) is 126 Å². The number of hydrogen-bond donors (Lipinski definition) is 0. The van der Waals surface area contributed by atoms with Crippen molar-refractivity contribution in [1.29, 1.82) is 0 Å². The molecule has 0 heterocycles. The molecule has 176 valence electrons. The van der Waals surface area contributed by atoms with Crippen LogP contribution in [-0.2, 0) is 4.79 Å². The van der Waals surface area contributed by atoms with Crippen molar-refractivity contribution < 1.29 is 4.79 Å². The summed E-state index contributed by atoms with van der Waals surface area (Å²) >= 11 is 0. The Hall–Kier alpha value is -0.330. The number of rotatable bonds is 0. The third-order valence-electron chi connectivity index (χ3n) is 12.9. The van der Waals surface area contributed by atoms with Crippen molar-refractivity contribution in [1.82, 2.24) is 0 Å². The molecule has 5 aliphatic rings. The summed E-state index contributed by atoms with van der Waals surface area (Å²) in [5.41, 5.74) is 1.85. The van der Waals surface area contributed by atoms with Crippen LogP contribution in [0.5, 0.6) is 0 Å². The summed E-state index contributed by atoms with van der Waals surface area (Å²) in [7, 11) is 0. The Bertz CT molecular complexity index is 748. The van der Waals surface area contributed by atoms with Gasteiger partial charge in [-0.1, -0.05) is 54.9 Å². The second kappa shape index (κ2) is 6.85. The Labute approximate surface area is 192 Å². The van der Waals surface area contributed by atoms with Gasteiger partial charge in [0.05, 0.1) is 0 Å². The van der Waals surface area contributed by atoms with Crippen LogP contribution in [0, 0.1) is 56.7 Å². The Balaban J connectivity index is 1.49. The zero-order chi connectivity index (χ0) is 22.4. The molecule has 0 radical (unpaired) electrons. The molecule has 0 aromatic carbocycles. The van der Waals surface area contributed by atoms with E-state index >= 15 is 0 Å². The standard InChI is InChI=1S/C30H50O/c1-26(2)15-8-16-29(6)21-10-12-24-28(5,19-20(21)9-11-22(26)29)17-13-23-27(3,4)25(31)14-18-30(23,24)7/h20-24H,8-19H2,1-7H3/t20-,21-,22-,23-,24-,28-,29+,30-/m0/s1. The first kappa shape index (κ1) is 22.5. The van der Waals surface area contributed by atoms with E-state index in [0.717, 1.165) is 36.5 Å². The summed E-state index contributed by atoms with van der Waals surface area (Å²) < 4.78 is 0. The summed E-state index contributed by atoms with van der Waals surface area (Å²) in [5.74, 6) is 4.77. The van der Waals surface area contributed by atoms with Crippen molar-refractivity contribution in [3.63, 3.8) is 0 Å². The van der Waals surface area contributed by atoms with E-state index in [9.17, 15) is 4.79 Å². The quantitative estimate of drug-likeness (QED) is 0.379. The molecule has 5 saturated carbocycles. The lowest BCUT2D eigenvalue weighted by atomic mass is 9.42. The minimum atomic E-state index is -0.113. The normalized spacial score (nSPS) is 53.4. The van der Waals surface area contributed by atoms with Crippen LogP contribution in [0.3, 0.4) is 0 Å². The molecule has 5 fully saturated rings. The molecule has 1 nitrogen and oxygen atoms in total. The highest BCUT2D eigenvalue weighted by Crippen LogP contribution is 2.70. The molecule has 0 spiro atoms. The summed E-state index contributed by atoms with van der Waals surface area (Å²) in [4.78, 5) is 12.9. The van der Waals surface area contributed by atoms with Crippen molar-refractivity contribution in [2.45, 2.75) is 126 Å². The highest BCUT2D eigenvalue weighted by molar-refractivity contribution is 5.85. The number of carbonyl (C=O) groups excluding carboxylic acids is 1. The first-order chi connectivity index (χ1) is 14.3. The van der Waals surface area contributed by atoms with Crippen LogP contribution in [0.4, 0.5) is 0 Å². The molecule has 0 N–H and O–H groups in total. The summed E-state index contributed by atoms with van der Waals surface area (Å²) in [5, 5.41) is 0. The Kier molecular flexibility index (Phi) is 4.96. The van der Waals surface area contributed by atoms with Crippen molar-refractivity contribution in [2.75, 3.05) is 0 Å². The Morgan fingerprint density at radius 2 is 1.39 bits per heavy atom. The second-order valence-electron chi connectivity index (χ2n) is 15.1. The number of ketones is 1. The van der Waals surface area contributed by atoms with E-state index in [-0.39, 0.29) is 5.41 Å². The van der Waals surface area contributed by atoms with Gasteiger partial charge in [-0.2, -0.15) is 0 Å².